The number of hydrogen-bond acceptors (Lipinski definition) is 2. The Morgan fingerprint density at radius 2 is 1.56 bits per heavy atom. The molecule has 0 radical (unpaired) electrons. The van der Waals surface area contributed by atoms with Gasteiger partial charge in [-0.3, -0.25) is 9.20 Å². The second-order valence-corrected chi connectivity index (χ2v) is 10.00. The van der Waals surface area contributed by atoms with Crippen LogP contribution < -0.4 is 0 Å². The lowest BCUT2D eigenvalue weighted by atomic mass is 10.0. The van der Waals surface area contributed by atoms with Gasteiger partial charge < -0.3 is 4.40 Å². The zero-order valence-corrected chi connectivity index (χ0v) is 21.1. The molecule has 8 heteroatoms. The number of carbonyl (C=O) groups excluding carboxylic acids is 1. The molecule has 34 heavy (non-hydrogen) atoms. The molecule has 0 amide bonds. The van der Waals surface area contributed by atoms with Crippen LogP contribution in [0.3, 0.4) is 0 Å². The van der Waals surface area contributed by atoms with Crippen molar-refractivity contribution in [2.24, 2.45) is 0 Å². The van der Waals surface area contributed by atoms with E-state index in [2.05, 4.69) is 15.9 Å². The van der Waals surface area contributed by atoms with Crippen LogP contribution in [0.4, 0.5) is 0 Å². The Morgan fingerprint density at radius 1 is 0.853 bits per heavy atom. The fourth-order valence-electron chi connectivity index (χ4n) is 4.28. The van der Waals surface area contributed by atoms with Crippen molar-refractivity contribution in [3.8, 4) is 11.3 Å². The topological polar surface area (TPSA) is 38.8 Å². The summed E-state index contributed by atoms with van der Waals surface area (Å²) in [5.41, 5.74) is 5.49. The van der Waals surface area contributed by atoms with Gasteiger partial charge in [0.2, 0.25) is 5.78 Å². The van der Waals surface area contributed by atoms with Crippen LogP contribution in [-0.2, 0) is 0 Å². The second kappa shape index (κ2) is 8.14. The van der Waals surface area contributed by atoms with Crippen LogP contribution in [-0.4, -0.2) is 19.6 Å². The molecule has 0 saturated carbocycles. The van der Waals surface area contributed by atoms with Crippen molar-refractivity contribution in [3.63, 3.8) is 0 Å². The zero-order chi connectivity index (χ0) is 23.6. The molecule has 166 valence electrons. The normalized spacial score (nSPS) is 11.6. The molecule has 4 nitrogen and oxygen atoms in total. The molecule has 0 unspecified atom stereocenters. The Balaban J connectivity index is 1.82. The van der Waals surface area contributed by atoms with Crippen LogP contribution in [0.15, 0.2) is 83.5 Å². The van der Waals surface area contributed by atoms with Gasteiger partial charge in [-0.2, -0.15) is 0 Å². The zero-order valence-electron chi connectivity index (χ0n) is 17.3. The summed E-state index contributed by atoms with van der Waals surface area (Å²) >= 11 is 22.3. The highest BCUT2D eigenvalue weighted by atomic mass is 79.9. The highest BCUT2D eigenvalue weighted by Crippen LogP contribution is 2.36. The standard InChI is InChI=1S/C26H13BrCl3N3O/c27-16-7-3-15(4-8-16)25(34)24-23(14-5-9-17(28)10-6-14)33-22-13-19(30)18(29)12-20(22)31-26(33)21-2-1-11-32(21)24/h1-13H. The maximum Gasteiger partial charge on any atom is 0.211 e. The van der Waals surface area contributed by atoms with Gasteiger partial charge in [0.1, 0.15) is 5.69 Å². The van der Waals surface area contributed by atoms with Crippen LogP contribution in [0.2, 0.25) is 15.1 Å². The number of carbonyl (C=O) groups is 1. The molecule has 0 spiro atoms. The molecule has 6 rings (SSSR count). The van der Waals surface area contributed by atoms with E-state index in [0.29, 0.717) is 43.2 Å². The Kier molecular flexibility index (Phi) is 5.19. The van der Waals surface area contributed by atoms with E-state index < -0.39 is 0 Å². The number of rotatable bonds is 3. The third-order valence-corrected chi connectivity index (χ3v) is 7.31. The van der Waals surface area contributed by atoms with Crippen LogP contribution in [0, 0.1) is 0 Å². The number of imidazole rings is 1. The van der Waals surface area contributed by atoms with Crippen molar-refractivity contribution in [2.75, 3.05) is 0 Å². The molecule has 0 aliphatic heterocycles. The highest BCUT2D eigenvalue weighted by Gasteiger charge is 2.25. The Hall–Kier alpha value is -2.83. The maximum atomic E-state index is 14.0. The van der Waals surface area contributed by atoms with Crippen molar-refractivity contribution in [1.82, 2.24) is 13.8 Å². The minimum atomic E-state index is -0.123. The summed E-state index contributed by atoms with van der Waals surface area (Å²) in [6, 6.07) is 22.1. The first-order valence-corrected chi connectivity index (χ1v) is 12.2. The molecule has 3 aromatic heterocycles. The predicted octanol–water partition coefficient (Wildman–Crippen LogP) is 8.36. The first kappa shape index (κ1) is 21.7. The minimum absolute atomic E-state index is 0.123. The van der Waals surface area contributed by atoms with Crippen molar-refractivity contribution >= 4 is 78.7 Å². The molecule has 3 heterocycles. The summed E-state index contributed by atoms with van der Waals surface area (Å²) < 4.78 is 4.76. The summed E-state index contributed by atoms with van der Waals surface area (Å²) in [5.74, 6) is -0.123. The van der Waals surface area contributed by atoms with Gasteiger partial charge in [-0.05, 0) is 60.7 Å². The lowest BCUT2D eigenvalue weighted by Crippen LogP contribution is -2.13. The van der Waals surface area contributed by atoms with Gasteiger partial charge in [0.15, 0.2) is 5.65 Å². The smallest absolute Gasteiger partial charge is 0.211 e. The van der Waals surface area contributed by atoms with Crippen LogP contribution in [0.25, 0.3) is 33.5 Å². The molecule has 0 aliphatic rings. The molecular formula is C26H13BrCl3N3O. The summed E-state index contributed by atoms with van der Waals surface area (Å²) in [5, 5.41) is 1.44. The van der Waals surface area contributed by atoms with Crippen LogP contribution in [0.1, 0.15) is 16.1 Å². The number of ketones is 1. The number of benzene rings is 3. The second-order valence-electron chi connectivity index (χ2n) is 7.83. The van der Waals surface area contributed by atoms with Crippen molar-refractivity contribution in [2.45, 2.75) is 0 Å². The number of aromatic nitrogens is 3. The first-order chi connectivity index (χ1) is 16.4. The Bertz CT molecular complexity index is 1750. The van der Waals surface area contributed by atoms with E-state index in [-0.39, 0.29) is 5.78 Å². The number of halogens is 4. The fourth-order valence-corrected chi connectivity index (χ4v) is 4.98. The first-order valence-electron chi connectivity index (χ1n) is 10.3. The third-order valence-electron chi connectivity index (χ3n) is 5.80. The lowest BCUT2D eigenvalue weighted by molar-refractivity contribution is 0.103. The monoisotopic (exact) mass is 567 g/mol. The molecule has 0 bridgehead atoms. The van der Waals surface area contributed by atoms with Gasteiger partial charge in [-0.15, -0.1) is 0 Å². The quantitative estimate of drug-likeness (QED) is 0.201. The largest absolute Gasteiger partial charge is 0.308 e. The molecule has 0 N–H and O–H groups in total. The van der Waals surface area contributed by atoms with Gasteiger partial charge in [0, 0.05) is 26.8 Å². The SMILES string of the molecule is O=C(c1ccc(Br)cc1)c1c(-c2ccc(Cl)cc2)n2c3cc(Cl)c(Cl)cc3nc2c2cccn12. The average molecular weight is 570 g/mol. The van der Waals surface area contributed by atoms with Gasteiger partial charge in [0.05, 0.1) is 32.3 Å². The summed E-state index contributed by atoms with van der Waals surface area (Å²) in [6.45, 7) is 0. The highest BCUT2D eigenvalue weighted by molar-refractivity contribution is 9.10. The van der Waals surface area contributed by atoms with E-state index in [1.807, 2.05) is 51.4 Å². The lowest BCUT2D eigenvalue weighted by Gasteiger charge is -2.16. The van der Waals surface area contributed by atoms with E-state index in [0.717, 1.165) is 21.1 Å². The Labute approximate surface area is 217 Å². The molecule has 0 aliphatic carbocycles. The summed E-state index contributed by atoms with van der Waals surface area (Å²) in [6.07, 6.45) is 1.88. The van der Waals surface area contributed by atoms with Crippen LogP contribution >= 0.6 is 50.7 Å². The molecule has 3 aromatic carbocycles. The number of fused-ring (bicyclic) bond motifs is 5. The number of hydrogen-bond donors (Lipinski definition) is 0. The van der Waals surface area contributed by atoms with Crippen LogP contribution in [0.5, 0.6) is 0 Å². The third kappa shape index (κ3) is 3.35. The van der Waals surface area contributed by atoms with Crippen molar-refractivity contribution < 1.29 is 4.79 Å². The van der Waals surface area contributed by atoms with E-state index in [9.17, 15) is 4.79 Å². The molecular weight excluding hydrogens is 557 g/mol. The van der Waals surface area contributed by atoms with Gasteiger partial charge in [-0.1, -0.05) is 62.9 Å². The van der Waals surface area contributed by atoms with E-state index in [1.54, 1.807) is 36.4 Å². The van der Waals surface area contributed by atoms with Gasteiger partial charge in [-0.25, -0.2) is 4.98 Å². The minimum Gasteiger partial charge on any atom is -0.308 e. The summed E-state index contributed by atoms with van der Waals surface area (Å²) in [7, 11) is 0. The van der Waals surface area contributed by atoms with Gasteiger partial charge >= 0.3 is 0 Å². The van der Waals surface area contributed by atoms with Crippen molar-refractivity contribution in [3.05, 3.63) is 110 Å². The predicted molar refractivity (Wildman–Crippen MR) is 142 cm³/mol. The maximum absolute atomic E-state index is 14.0. The average Bonchev–Trinajstić information content (AvgIpc) is 3.44. The van der Waals surface area contributed by atoms with E-state index in [1.165, 1.54) is 0 Å². The molecule has 0 saturated heterocycles. The number of nitrogens with zero attached hydrogens (tertiary/aromatic N) is 3. The van der Waals surface area contributed by atoms with Gasteiger partial charge in [0.25, 0.3) is 0 Å². The van der Waals surface area contributed by atoms with E-state index in [4.69, 9.17) is 39.8 Å². The van der Waals surface area contributed by atoms with Crippen molar-refractivity contribution in [1.29, 1.82) is 0 Å². The molecule has 6 aromatic rings. The van der Waals surface area contributed by atoms with E-state index >= 15 is 0 Å². The Morgan fingerprint density at radius 3 is 2.29 bits per heavy atom. The summed E-state index contributed by atoms with van der Waals surface area (Å²) in [4.78, 5) is 18.9. The molecule has 0 fully saturated rings. The fraction of sp³-hybridized carbons (Fsp3) is 0. The molecule has 0 atom stereocenters.